The van der Waals surface area contributed by atoms with Crippen molar-refractivity contribution in [3.05, 3.63) is 42.0 Å². The molecule has 0 saturated heterocycles. The second-order valence-electron chi connectivity index (χ2n) is 6.60. The van der Waals surface area contributed by atoms with E-state index in [2.05, 4.69) is 29.6 Å². The Kier molecular flexibility index (Phi) is 3.08. The summed E-state index contributed by atoms with van der Waals surface area (Å²) in [7, 11) is 0. The second-order valence-corrected chi connectivity index (χ2v) is 6.60. The van der Waals surface area contributed by atoms with Crippen molar-refractivity contribution in [1.29, 1.82) is 0 Å². The van der Waals surface area contributed by atoms with E-state index in [1.807, 2.05) is 32.9 Å². The highest BCUT2D eigenvalue weighted by molar-refractivity contribution is 5.82. The third-order valence-electron chi connectivity index (χ3n) is 3.93. The van der Waals surface area contributed by atoms with Crippen LogP contribution in [0.1, 0.15) is 38.7 Å². The maximum absolute atomic E-state index is 12.5. The van der Waals surface area contributed by atoms with E-state index in [9.17, 15) is 4.79 Å². The number of carbonyl (C=O) groups is 1. The molecular formula is C17H21NO2. The van der Waals surface area contributed by atoms with Gasteiger partial charge in [-0.25, -0.2) is 4.79 Å². The van der Waals surface area contributed by atoms with Crippen molar-refractivity contribution in [2.24, 2.45) is 5.92 Å². The highest BCUT2D eigenvalue weighted by atomic mass is 16.6. The molecule has 2 aliphatic rings. The van der Waals surface area contributed by atoms with Crippen molar-refractivity contribution in [3.8, 4) is 0 Å². The Bertz CT molecular complexity index is 556. The Morgan fingerprint density at radius 1 is 1.30 bits per heavy atom. The van der Waals surface area contributed by atoms with Crippen LogP contribution in [0.4, 0.5) is 5.69 Å². The number of hydrogen-bond acceptors (Lipinski definition) is 3. The maximum Gasteiger partial charge on any atom is 0.329 e. The number of allylic oxidation sites excluding steroid dienone is 2. The van der Waals surface area contributed by atoms with Gasteiger partial charge in [-0.05, 0) is 38.8 Å². The van der Waals surface area contributed by atoms with E-state index in [0.29, 0.717) is 5.92 Å². The molecule has 3 nitrogen and oxygen atoms in total. The van der Waals surface area contributed by atoms with Crippen molar-refractivity contribution in [2.45, 2.75) is 44.8 Å². The van der Waals surface area contributed by atoms with Gasteiger partial charge < -0.3 is 10.1 Å². The molecule has 1 N–H and O–H groups in total. The highest BCUT2D eigenvalue weighted by Crippen LogP contribution is 2.44. The molecule has 1 aromatic rings. The van der Waals surface area contributed by atoms with Crippen molar-refractivity contribution >= 4 is 11.7 Å². The number of nitrogens with one attached hydrogen (secondary N) is 1. The summed E-state index contributed by atoms with van der Waals surface area (Å²) in [6.45, 7) is 5.73. The van der Waals surface area contributed by atoms with Gasteiger partial charge in [0.2, 0.25) is 0 Å². The number of para-hydroxylation sites is 1. The zero-order valence-corrected chi connectivity index (χ0v) is 12.2. The summed E-state index contributed by atoms with van der Waals surface area (Å²) in [6, 6.07) is 7.97. The van der Waals surface area contributed by atoms with Crippen LogP contribution in [0.5, 0.6) is 0 Å². The van der Waals surface area contributed by atoms with E-state index in [-0.39, 0.29) is 17.9 Å². The number of esters is 1. The first-order valence-corrected chi connectivity index (χ1v) is 7.21. The average molecular weight is 271 g/mol. The molecule has 1 aliphatic heterocycles. The summed E-state index contributed by atoms with van der Waals surface area (Å²) in [6.07, 6.45) is 5.33. The van der Waals surface area contributed by atoms with Crippen LogP contribution in [-0.2, 0) is 9.53 Å². The van der Waals surface area contributed by atoms with Crippen LogP contribution in [0.15, 0.2) is 36.4 Å². The maximum atomic E-state index is 12.5. The highest BCUT2D eigenvalue weighted by Gasteiger charge is 2.42. The molecule has 0 fully saturated rings. The summed E-state index contributed by atoms with van der Waals surface area (Å²) in [5.74, 6) is 0.440. The third kappa shape index (κ3) is 2.33. The molecule has 0 amide bonds. The zero-order valence-electron chi connectivity index (χ0n) is 12.2. The molecule has 0 radical (unpaired) electrons. The van der Waals surface area contributed by atoms with Gasteiger partial charge >= 0.3 is 5.97 Å². The Morgan fingerprint density at radius 2 is 2.05 bits per heavy atom. The number of benzene rings is 1. The molecule has 106 valence electrons. The zero-order chi connectivity index (χ0) is 14.3. The van der Waals surface area contributed by atoms with Gasteiger partial charge in [0.1, 0.15) is 11.6 Å². The quantitative estimate of drug-likeness (QED) is 0.627. The Labute approximate surface area is 120 Å². The van der Waals surface area contributed by atoms with Gasteiger partial charge in [-0.3, -0.25) is 0 Å². The molecule has 1 aromatic carbocycles. The standard InChI is InChI=1S/C17H21NO2/c1-17(2,3)20-16(19)15-13-9-6-8-11(13)12-7-4-5-10-14(12)18-15/h4-8,10-11,13,15,18H,9H2,1-3H3/t11-,13-,15+/m0/s1. The van der Waals surface area contributed by atoms with Crippen LogP contribution < -0.4 is 5.32 Å². The molecule has 3 atom stereocenters. The fourth-order valence-electron chi connectivity index (χ4n) is 3.14. The Morgan fingerprint density at radius 3 is 2.80 bits per heavy atom. The molecular weight excluding hydrogens is 250 g/mol. The van der Waals surface area contributed by atoms with E-state index in [1.165, 1.54) is 5.56 Å². The minimum absolute atomic E-state index is 0.147. The van der Waals surface area contributed by atoms with Crippen LogP contribution in [0.2, 0.25) is 0 Å². The van der Waals surface area contributed by atoms with Gasteiger partial charge in [0.25, 0.3) is 0 Å². The van der Waals surface area contributed by atoms with Crippen LogP contribution in [0.3, 0.4) is 0 Å². The lowest BCUT2D eigenvalue weighted by atomic mass is 9.79. The molecule has 0 spiro atoms. The van der Waals surface area contributed by atoms with Gasteiger partial charge in [0.05, 0.1) is 0 Å². The van der Waals surface area contributed by atoms with Gasteiger partial charge in [-0.15, -0.1) is 0 Å². The van der Waals surface area contributed by atoms with E-state index in [4.69, 9.17) is 4.74 Å². The Balaban J connectivity index is 1.90. The fourth-order valence-corrected chi connectivity index (χ4v) is 3.14. The van der Waals surface area contributed by atoms with E-state index in [0.717, 1.165) is 12.1 Å². The molecule has 3 heteroatoms. The van der Waals surface area contributed by atoms with Crippen molar-refractivity contribution in [1.82, 2.24) is 0 Å². The smallest absolute Gasteiger partial charge is 0.329 e. The normalized spacial score (nSPS) is 27.4. The first-order valence-electron chi connectivity index (χ1n) is 7.21. The minimum Gasteiger partial charge on any atom is -0.458 e. The van der Waals surface area contributed by atoms with Crippen molar-refractivity contribution in [3.63, 3.8) is 0 Å². The van der Waals surface area contributed by atoms with Crippen LogP contribution in [0.25, 0.3) is 0 Å². The number of rotatable bonds is 1. The van der Waals surface area contributed by atoms with Gasteiger partial charge in [0, 0.05) is 17.5 Å². The molecule has 0 unspecified atom stereocenters. The van der Waals surface area contributed by atoms with Crippen LogP contribution in [0, 0.1) is 5.92 Å². The molecule has 1 heterocycles. The Hall–Kier alpha value is -1.77. The summed E-state index contributed by atoms with van der Waals surface area (Å²) >= 11 is 0. The number of anilines is 1. The van der Waals surface area contributed by atoms with E-state index in [1.54, 1.807) is 0 Å². The fraction of sp³-hybridized carbons (Fsp3) is 0.471. The predicted octanol–water partition coefficient (Wildman–Crippen LogP) is 3.48. The summed E-state index contributed by atoms with van der Waals surface area (Å²) in [5, 5.41) is 3.38. The number of ether oxygens (including phenoxy) is 1. The first kappa shape index (κ1) is 13.2. The van der Waals surface area contributed by atoms with Crippen LogP contribution >= 0.6 is 0 Å². The van der Waals surface area contributed by atoms with Gasteiger partial charge in [0.15, 0.2) is 0 Å². The molecule has 3 rings (SSSR count). The van der Waals surface area contributed by atoms with Gasteiger partial charge in [-0.2, -0.15) is 0 Å². The number of carbonyl (C=O) groups excluding carboxylic acids is 1. The lowest BCUT2D eigenvalue weighted by Gasteiger charge is -2.36. The number of hydrogen-bond donors (Lipinski definition) is 1. The third-order valence-corrected chi connectivity index (χ3v) is 3.93. The monoisotopic (exact) mass is 271 g/mol. The predicted molar refractivity (Wildman–Crippen MR) is 79.7 cm³/mol. The summed E-state index contributed by atoms with van der Waals surface area (Å²) in [5.41, 5.74) is 1.89. The average Bonchev–Trinajstić information content (AvgIpc) is 2.85. The lowest BCUT2D eigenvalue weighted by Crippen LogP contribution is -2.45. The molecule has 0 saturated carbocycles. The minimum atomic E-state index is -0.447. The van der Waals surface area contributed by atoms with E-state index >= 15 is 0 Å². The SMILES string of the molecule is CC(C)(C)OC(=O)[C@@H]1Nc2ccccc2[C@@H]2C=CC[C@H]12. The van der Waals surface area contributed by atoms with E-state index < -0.39 is 5.60 Å². The van der Waals surface area contributed by atoms with Crippen molar-refractivity contribution < 1.29 is 9.53 Å². The van der Waals surface area contributed by atoms with Crippen molar-refractivity contribution in [2.75, 3.05) is 5.32 Å². The molecule has 1 aliphatic carbocycles. The number of fused-ring (bicyclic) bond motifs is 3. The lowest BCUT2D eigenvalue weighted by molar-refractivity contribution is -0.157. The molecule has 0 aromatic heterocycles. The topological polar surface area (TPSA) is 38.3 Å². The van der Waals surface area contributed by atoms with Gasteiger partial charge in [-0.1, -0.05) is 30.4 Å². The molecule has 0 bridgehead atoms. The summed E-state index contributed by atoms with van der Waals surface area (Å²) in [4.78, 5) is 12.5. The summed E-state index contributed by atoms with van der Waals surface area (Å²) < 4.78 is 5.57. The largest absolute Gasteiger partial charge is 0.458 e. The second kappa shape index (κ2) is 4.65. The first-order chi connectivity index (χ1) is 9.46. The van der Waals surface area contributed by atoms with Crippen LogP contribution in [-0.4, -0.2) is 17.6 Å². The molecule has 20 heavy (non-hydrogen) atoms.